The molecule has 1 heterocycles. The lowest BCUT2D eigenvalue weighted by atomic mass is 10.2. The fourth-order valence-corrected chi connectivity index (χ4v) is 1.90. The Bertz CT molecular complexity index is 556. The molecule has 1 aromatic carbocycles. The molecule has 96 valence electrons. The Labute approximate surface area is 106 Å². The second-order valence-corrected chi connectivity index (χ2v) is 4.53. The Balaban J connectivity index is 2.23. The molecule has 0 spiro atoms. The predicted octanol–water partition coefficient (Wildman–Crippen LogP) is 1.98. The number of H-pyrrole nitrogens is 1. The highest BCUT2D eigenvalue weighted by molar-refractivity contribution is 5.98. The highest BCUT2D eigenvalue weighted by Gasteiger charge is 2.13. The molecule has 18 heavy (non-hydrogen) atoms. The smallest absolute Gasteiger partial charge is 0.268 e. The van der Waals surface area contributed by atoms with Crippen LogP contribution in [0.1, 0.15) is 29.4 Å². The lowest BCUT2D eigenvalue weighted by Gasteiger charge is -2.12. The number of rotatable bonds is 4. The summed E-state index contributed by atoms with van der Waals surface area (Å²) in [4.78, 5) is 15.1. The van der Waals surface area contributed by atoms with Crippen LogP contribution in [0, 0.1) is 6.92 Å². The zero-order valence-electron chi connectivity index (χ0n) is 10.7. The van der Waals surface area contributed by atoms with Gasteiger partial charge in [-0.2, -0.15) is 0 Å². The average Bonchev–Trinajstić information content (AvgIpc) is 2.78. The van der Waals surface area contributed by atoms with Gasteiger partial charge in [0.2, 0.25) is 0 Å². The van der Waals surface area contributed by atoms with E-state index in [0.29, 0.717) is 12.1 Å². The molecule has 2 aromatic rings. The minimum atomic E-state index is -0.189. The first-order valence-corrected chi connectivity index (χ1v) is 6.15. The van der Waals surface area contributed by atoms with Crippen molar-refractivity contribution in [2.24, 2.45) is 0 Å². The van der Waals surface area contributed by atoms with E-state index in [9.17, 15) is 4.79 Å². The molecule has 0 bridgehead atoms. The van der Waals surface area contributed by atoms with Crippen molar-refractivity contribution in [1.82, 2.24) is 10.3 Å². The van der Waals surface area contributed by atoms with Crippen molar-refractivity contribution in [3.8, 4) is 0 Å². The van der Waals surface area contributed by atoms with E-state index in [1.54, 1.807) is 0 Å². The maximum atomic E-state index is 12.0. The lowest BCUT2D eigenvalue weighted by molar-refractivity contribution is 0.0910. The summed E-state index contributed by atoms with van der Waals surface area (Å²) in [5.74, 6) is -0.176. The van der Waals surface area contributed by atoms with Crippen LogP contribution in [0.2, 0.25) is 0 Å². The first-order chi connectivity index (χ1) is 8.63. The number of aromatic amines is 1. The summed E-state index contributed by atoms with van der Waals surface area (Å²) in [5.41, 5.74) is 2.64. The quantitative estimate of drug-likeness (QED) is 0.772. The van der Waals surface area contributed by atoms with Crippen LogP contribution in [0.4, 0.5) is 0 Å². The van der Waals surface area contributed by atoms with E-state index < -0.39 is 0 Å². The highest BCUT2D eigenvalue weighted by Crippen LogP contribution is 2.16. The summed E-state index contributed by atoms with van der Waals surface area (Å²) in [6.45, 7) is 3.90. The van der Waals surface area contributed by atoms with Gasteiger partial charge in [-0.15, -0.1) is 0 Å². The number of hydrogen-bond donors (Lipinski definition) is 3. The van der Waals surface area contributed by atoms with Gasteiger partial charge in [-0.25, -0.2) is 0 Å². The molecule has 0 aliphatic rings. The van der Waals surface area contributed by atoms with E-state index in [2.05, 4.69) is 10.3 Å². The Morgan fingerprint density at radius 3 is 2.89 bits per heavy atom. The lowest BCUT2D eigenvalue weighted by Crippen LogP contribution is -2.37. The van der Waals surface area contributed by atoms with E-state index in [1.165, 1.54) is 0 Å². The topological polar surface area (TPSA) is 65.1 Å². The van der Waals surface area contributed by atoms with Crippen LogP contribution in [0.25, 0.3) is 10.9 Å². The Morgan fingerprint density at radius 1 is 1.44 bits per heavy atom. The van der Waals surface area contributed by atoms with Crippen molar-refractivity contribution in [2.45, 2.75) is 26.3 Å². The number of fused-ring (bicyclic) bond motifs is 1. The SMILES string of the molecule is CCC(CO)NC(=O)c1cc2ccc(C)cc2[nH]1. The number of nitrogens with one attached hydrogen (secondary N) is 2. The number of carbonyl (C=O) groups excluding carboxylic acids is 1. The number of aryl methyl sites for hydroxylation is 1. The first-order valence-electron chi connectivity index (χ1n) is 6.15. The number of aliphatic hydroxyl groups is 1. The molecular formula is C14H18N2O2. The van der Waals surface area contributed by atoms with Crippen LogP contribution >= 0.6 is 0 Å². The van der Waals surface area contributed by atoms with Crippen molar-refractivity contribution in [2.75, 3.05) is 6.61 Å². The van der Waals surface area contributed by atoms with Crippen LogP contribution in [-0.2, 0) is 0 Å². The zero-order chi connectivity index (χ0) is 13.1. The van der Waals surface area contributed by atoms with E-state index in [1.807, 2.05) is 38.1 Å². The summed E-state index contributed by atoms with van der Waals surface area (Å²) >= 11 is 0. The molecule has 0 fully saturated rings. The molecule has 4 nitrogen and oxygen atoms in total. The second-order valence-electron chi connectivity index (χ2n) is 4.53. The third-order valence-corrected chi connectivity index (χ3v) is 3.07. The van der Waals surface area contributed by atoms with Gasteiger partial charge in [0.25, 0.3) is 5.91 Å². The van der Waals surface area contributed by atoms with Gasteiger partial charge >= 0.3 is 0 Å². The van der Waals surface area contributed by atoms with Gasteiger partial charge in [-0.05, 0) is 31.0 Å². The van der Waals surface area contributed by atoms with Crippen molar-refractivity contribution >= 4 is 16.8 Å². The zero-order valence-corrected chi connectivity index (χ0v) is 10.7. The number of carbonyl (C=O) groups is 1. The maximum Gasteiger partial charge on any atom is 0.268 e. The number of aromatic nitrogens is 1. The molecule has 2 rings (SSSR count). The Morgan fingerprint density at radius 2 is 2.22 bits per heavy atom. The fraction of sp³-hybridized carbons (Fsp3) is 0.357. The second kappa shape index (κ2) is 5.23. The van der Waals surface area contributed by atoms with Gasteiger partial charge in [0.1, 0.15) is 5.69 Å². The van der Waals surface area contributed by atoms with Gasteiger partial charge in [0.05, 0.1) is 12.6 Å². The molecule has 1 atom stereocenters. The van der Waals surface area contributed by atoms with Crippen molar-refractivity contribution in [1.29, 1.82) is 0 Å². The number of amides is 1. The molecular weight excluding hydrogens is 228 g/mol. The standard InChI is InChI=1S/C14H18N2O2/c1-3-11(8-17)15-14(18)13-7-10-5-4-9(2)6-12(10)16-13/h4-7,11,16-17H,3,8H2,1-2H3,(H,15,18). The van der Waals surface area contributed by atoms with E-state index in [0.717, 1.165) is 16.5 Å². The van der Waals surface area contributed by atoms with Gasteiger partial charge in [-0.1, -0.05) is 19.1 Å². The third kappa shape index (κ3) is 2.54. The summed E-state index contributed by atoms with van der Waals surface area (Å²) in [6.07, 6.45) is 0.710. The molecule has 1 unspecified atom stereocenters. The minimum Gasteiger partial charge on any atom is -0.394 e. The highest BCUT2D eigenvalue weighted by atomic mass is 16.3. The predicted molar refractivity (Wildman–Crippen MR) is 71.7 cm³/mol. The molecule has 0 saturated heterocycles. The molecule has 3 N–H and O–H groups in total. The van der Waals surface area contributed by atoms with Crippen molar-refractivity contribution in [3.05, 3.63) is 35.5 Å². The normalized spacial score (nSPS) is 12.6. The number of hydrogen-bond acceptors (Lipinski definition) is 2. The molecule has 0 radical (unpaired) electrons. The summed E-state index contributed by atoms with van der Waals surface area (Å²) in [5, 5.41) is 12.9. The number of aliphatic hydroxyl groups excluding tert-OH is 1. The van der Waals surface area contributed by atoms with E-state index in [-0.39, 0.29) is 18.6 Å². The van der Waals surface area contributed by atoms with Crippen LogP contribution in [0.5, 0.6) is 0 Å². The van der Waals surface area contributed by atoms with Crippen LogP contribution in [0.3, 0.4) is 0 Å². The number of benzene rings is 1. The minimum absolute atomic E-state index is 0.0401. The first kappa shape index (κ1) is 12.6. The third-order valence-electron chi connectivity index (χ3n) is 3.07. The Kier molecular flexibility index (Phi) is 3.67. The van der Waals surface area contributed by atoms with Crippen LogP contribution < -0.4 is 5.32 Å². The molecule has 4 heteroatoms. The largest absolute Gasteiger partial charge is 0.394 e. The van der Waals surface area contributed by atoms with Crippen LogP contribution in [-0.4, -0.2) is 28.6 Å². The summed E-state index contributed by atoms with van der Waals surface area (Å²) < 4.78 is 0. The van der Waals surface area contributed by atoms with Crippen LogP contribution in [0.15, 0.2) is 24.3 Å². The van der Waals surface area contributed by atoms with E-state index in [4.69, 9.17) is 5.11 Å². The van der Waals surface area contributed by atoms with Gasteiger partial charge in [0, 0.05) is 10.9 Å². The van der Waals surface area contributed by atoms with Gasteiger partial charge in [0.15, 0.2) is 0 Å². The maximum absolute atomic E-state index is 12.0. The fourth-order valence-electron chi connectivity index (χ4n) is 1.90. The van der Waals surface area contributed by atoms with Crippen molar-refractivity contribution in [3.63, 3.8) is 0 Å². The Hall–Kier alpha value is -1.81. The van der Waals surface area contributed by atoms with Gasteiger partial charge in [-0.3, -0.25) is 4.79 Å². The molecule has 0 aliphatic heterocycles. The molecule has 1 aromatic heterocycles. The summed E-state index contributed by atoms with van der Waals surface area (Å²) in [7, 11) is 0. The molecule has 1 amide bonds. The molecule has 0 saturated carbocycles. The van der Waals surface area contributed by atoms with Crippen molar-refractivity contribution < 1.29 is 9.90 Å². The van der Waals surface area contributed by atoms with Gasteiger partial charge < -0.3 is 15.4 Å². The van der Waals surface area contributed by atoms with E-state index >= 15 is 0 Å². The summed E-state index contributed by atoms with van der Waals surface area (Å²) in [6, 6.07) is 7.65. The monoisotopic (exact) mass is 246 g/mol. The average molecular weight is 246 g/mol. The molecule has 0 aliphatic carbocycles.